The van der Waals surface area contributed by atoms with Crippen molar-refractivity contribution < 1.29 is 4.79 Å². The molecule has 3 rings (SSSR count). The summed E-state index contributed by atoms with van der Waals surface area (Å²) in [5, 5.41) is 13.9. The van der Waals surface area contributed by atoms with Crippen LogP contribution in [0.3, 0.4) is 0 Å². The lowest BCUT2D eigenvalue weighted by molar-refractivity contribution is -0.116. The third-order valence-electron chi connectivity index (χ3n) is 3.13. The minimum Gasteiger partial charge on any atom is -0.326 e. The molecule has 2 aromatic heterocycles. The minimum atomic E-state index is -0.0567. The lowest BCUT2D eigenvalue weighted by Gasteiger charge is -2.06. The van der Waals surface area contributed by atoms with Crippen LogP contribution in [-0.4, -0.2) is 30.9 Å². The number of benzene rings is 1. The highest BCUT2D eigenvalue weighted by atomic mass is 16.1. The summed E-state index contributed by atoms with van der Waals surface area (Å²) in [5.41, 5.74) is 1.58. The molecule has 7 nitrogen and oxygen atoms in total. The van der Waals surface area contributed by atoms with Crippen molar-refractivity contribution in [2.45, 2.75) is 19.9 Å². The van der Waals surface area contributed by atoms with Gasteiger partial charge in [-0.15, -0.1) is 0 Å². The third kappa shape index (κ3) is 3.38. The van der Waals surface area contributed by atoms with Crippen molar-refractivity contribution in [1.82, 2.24) is 25.0 Å². The number of aromatic amines is 1. The Bertz CT molecular complexity index is 762. The SMILES string of the molecule is Cc1nc(-c2cccc(NC(=O)CCn3cccn3)c2)n[nH]1. The van der Waals surface area contributed by atoms with E-state index in [9.17, 15) is 4.79 Å². The number of nitrogens with zero attached hydrogens (tertiary/aromatic N) is 4. The number of carbonyl (C=O) groups excluding carboxylic acids is 1. The molecule has 0 atom stereocenters. The van der Waals surface area contributed by atoms with E-state index in [0.29, 0.717) is 18.8 Å². The van der Waals surface area contributed by atoms with E-state index < -0.39 is 0 Å². The third-order valence-corrected chi connectivity index (χ3v) is 3.13. The molecule has 22 heavy (non-hydrogen) atoms. The van der Waals surface area contributed by atoms with Crippen molar-refractivity contribution in [1.29, 1.82) is 0 Å². The van der Waals surface area contributed by atoms with Crippen molar-refractivity contribution in [2.75, 3.05) is 5.32 Å². The Kier molecular flexibility index (Phi) is 3.95. The molecule has 1 amide bonds. The fourth-order valence-corrected chi connectivity index (χ4v) is 2.08. The van der Waals surface area contributed by atoms with E-state index in [1.807, 2.05) is 43.5 Å². The maximum absolute atomic E-state index is 12.0. The molecule has 112 valence electrons. The number of rotatable bonds is 5. The lowest BCUT2D eigenvalue weighted by atomic mass is 10.2. The summed E-state index contributed by atoms with van der Waals surface area (Å²) in [6.45, 7) is 2.40. The van der Waals surface area contributed by atoms with Crippen LogP contribution in [0.15, 0.2) is 42.7 Å². The fourth-order valence-electron chi connectivity index (χ4n) is 2.08. The molecule has 0 bridgehead atoms. The van der Waals surface area contributed by atoms with E-state index in [4.69, 9.17) is 0 Å². The summed E-state index contributed by atoms with van der Waals surface area (Å²) in [4.78, 5) is 16.3. The molecule has 0 aliphatic heterocycles. The first-order chi connectivity index (χ1) is 10.7. The maximum atomic E-state index is 12.0. The Balaban J connectivity index is 1.63. The van der Waals surface area contributed by atoms with E-state index >= 15 is 0 Å². The van der Waals surface area contributed by atoms with Gasteiger partial charge >= 0.3 is 0 Å². The Labute approximate surface area is 127 Å². The van der Waals surface area contributed by atoms with Gasteiger partial charge in [0.2, 0.25) is 5.91 Å². The second kappa shape index (κ2) is 6.21. The van der Waals surface area contributed by atoms with Crippen LogP contribution in [0.2, 0.25) is 0 Å². The summed E-state index contributed by atoms with van der Waals surface area (Å²) < 4.78 is 1.73. The molecule has 0 fully saturated rings. The quantitative estimate of drug-likeness (QED) is 0.753. The van der Waals surface area contributed by atoms with Gasteiger partial charge in [0, 0.05) is 36.6 Å². The van der Waals surface area contributed by atoms with Crippen LogP contribution in [0.5, 0.6) is 0 Å². The number of hydrogen-bond donors (Lipinski definition) is 2. The highest BCUT2D eigenvalue weighted by Crippen LogP contribution is 2.19. The molecule has 7 heteroatoms. The van der Waals surface area contributed by atoms with Crippen molar-refractivity contribution in [3.05, 3.63) is 48.5 Å². The molecular formula is C15H16N6O. The topological polar surface area (TPSA) is 88.5 Å². The summed E-state index contributed by atoms with van der Waals surface area (Å²) in [5.74, 6) is 1.31. The van der Waals surface area contributed by atoms with Gasteiger partial charge in [-0.3, -0.25) is 14.6 Å². The van der Waals surface area contributed by atoms with Gasteiger partial charge < -0.3 is 5.32 Å². The molecule has 0 aliphatic carbocycles. The molecule has 0 saturated heterocycles. The number of carbonyl (C=O) groups is 1. The number of amides is 1. The second-order valence-corrected chi connectivity index (χ2v) is 4.89. The van der Waals surface area contributed by atoms with Crippen LogP contribution in [0.25, 0.3) is 11.4 Å². The highest BCUT2D eigenvalue weighted by molar-refractivity contribution is 5.91. The average molecular weight is 296 g/mol. The van der Waals surface area contributed by atoms with Crippen LogP contribution in [0, 0.1) is 6.92 Å². The van der Waals surface area contributed by atoms with Crippen LogP contribution >= 0.6 is 0 Å². The first kappa shape index (κ1) is 14.0. The summed E-state index contributed by atoms with van der Waals surface area (Å²) in [7, 11) is 0. The Morgan fingerprint density at radius 2 is 2.27 bits per heavy atom. The summed E-state index contributed by atoms with van der Waals surface area (Å²) >= 11 is 0. The van der Waals surface area contributed by atoms with E-state index in [1.54, 1.807) is 10.9 Å². The molecule has 0 aliphatic rings. The lowest BCUT2D eigenvalue weighted by Crippen LogP contribution is -2.14. The smallest absolute Gasteiger partial charge is 0.226 e. The van der Waals surface area contributed by atoms with Gasteiger partial charge in [0.1, 0.15) is 5.82 Å². The first-order valence-electron chi connectivity index (χ1n) is 6.97. The summed E-state index contributed by atoms with van der Waals surface area (Å²) in [6.07, 6.45) is 3.89. The molecule has 2 N–H and O–H groups in total. The number of H-pyrrole nitrogens is 1. The highest BCUT2D eigenvalue weighted by Gasteiger charge is 2.07. The zero-order valence-corrected chi connectivity index (χ0v) is 12.2. The monoisotopic (exact) mass is 296 g/mol. The first-order valence-corrected chi connectivity index (χ1v) is 6.97. The molecular weight excluding hydrogens is 280 g/mol. The van der Waals surface area contributed by atoms with Crippen molar-refractivity contribution in [3.8, 4) is 11.4 Å². The number of nitrogens with one attached hydrogen (secondary N) is 2. The zero-order valence-electron chi connectivity index (χ0n) is 12.2. The van der Waals surface area contributed by atoms with Gasteiger partial charge in [0.05, 0.1) is 0 Å². The van der Waals surface area contributed by atoms with Gasteiger partial charge in [-0.2, -0.15) is 10.2 Å². The van der Waals surface area contributed by atoms with Crippen LogP contribution in [0.4, 0.5) is 5.69 Å². The van der Waals surface area contributed by atoms with Gasteiger partial charge in [-0.1, -0.05) is 12.1 Å². The molecule has 1 aromatic carbocycles. The van der Waals surface area contributed by atoms with Crippen LogP contribution in [-0.2, 0) is 11.3 Å². The van der Waals surface area contributed by atoms with E-state index in [0.717, 1.165) is 17.1 Å². The predicted octanol–water partition coefficient (Wildman–Crippen LogP) is 2.01. The second-order valence-electron chi connectivity index (χ2n) is 4.89. The molecule has 0 radical (unpaired) electrons. The minimum absolute atomic E-state index is 0.0567. The standard InChI is InChI=1S/C15H16N6O/c1-11-17-15(20-19-11)12-4-2-5-13(10-12)18-14(22)6-9-21-8-3-7-16-21/h2-5,7-8,10H,6,9H2,1H3,(H,18,22)(H,17,19,20). The van der Waals surface area contributed by atoms with E-state index in [1.165, 1.54) is 0 Å². The Morgan fingerprint density at radius 3 is 3.00 bits per heavy atom. The van der Waals surface area contributed by atoms with Crippen molar-refractivity contribution in [3.63, 3.8) is 0 Å². The number of aromatic nitrogens is 5. The van der Waals surface area contributed by atoms with Gasteiger partial charge in [-0.05, 0) is 25.1 Å². The zero-order chi connectivity index (χ0) is 15.4. The van der Waals surface area contributed by atoms with Crippen LogP contribution in [0.1, 0.15) is 12.2 Å². The van der Waals surface area contributed by atoms with Gasteiger partial charge in [0.15, 0.2) is 5.82 Å². The normalized spacial score (nSPS) is 10.6. The van der Waals surface area contributed by atoms with Crippen molar-refractivity contribution in [2.24, 2.45) is 0 Å². The molecule has 0 unspecified atom stereocenters. The van der Waals surface area contributed by atoms with Gasteiger partial charge in [-0.25, -0.2) is 4.98 Å². The van der Waals surface area contributed by atoms with Crippen LogP contribution < -0.4 is 5.32 Å². The van der Waals surface area contributed by atoms with E-state index in [-0.39, 0.29) is 5.91 Å². The average Bonchev–Trinajstić information content (AvgIpc) is 3.17. The number of anilines is 1. The Morgan fingerprint density at radius 1 is 1.36 bits per heavy atom. The summed E-state index contributed by atoms with van der Waals surface area (Å²) in [6, 6.07) is 9.30. The molecule has 3 aromatic rings. The maximum Gasteiger partial charge on any atom is 0.226 e. The number of aryl methyl sites for hydroxylation is 2. The largest absolute Gasteiger partial charge is 0.326 e. The fraction of sp³-hybridized carbons (Fsp3) is 0.200. The number of hydrogen-bond acceptors (Lipinski definition) is 4. The molecule has 0 saturated carbocycles. The molecule has 2 heterocycles. The van der Waals surface area contributed by atoms with Gasteiger partial charge in [0.25, 0.3) is 0 Å². The van der Waals surface area contributed by atoms with Crippen molar-refractivity contribution >= 4 is 11.6 Å². The van der Waals surface area contributed by atoms with E-state index in [2.05, 4.69) is 25.6 Å². The predicted molar refractivity (Wildman–Crippen MR) is 82.0 cm³/mol. The molecule has 0 spiro atoms. The Hall–Kier alpha value is -2.96.